The van der Waals surface area contributed by atoms with Gasteiger partial charge in [0, 0.05) is 10.7 Å². The number of carbonyl (C=O) groups excluding carboxylic acids is 2. The van der Waals surface area contributed by atoms with Crippen LogP contribution in [0.15, 0.2) is 42.5 Å². The van der Waals surface area contributed by atoms with Gasteiger partial charge in [-0.25, -0.2) is 4.79 Å². The number of halogens is 3. The third-order valence-electron chi connectivity index (χ3n) is 3.01. The highest BCUT2D eigenvalue weighted by atomic mass is 35.5. The fourth-order valence-corrected chi connectivity index (χ4v) is 2.21. The number of hydrogen-bond donors (Lipinski definition) is 1. The summed E-state index contributed by atoms with van der Waals surface area (Å²) in [5.74, 6) is -0.709. The predicted octanol–water partition coefficient (Wildman–Crippen LogP) is 4.60. The van der Waals surface area contributed by atoms with Gasteiger partial charge in [-0.15, -0.1) is 0 Å². The SMILES string of the molecule is C[C@@H](Oc1ccc(Cl)cc1)C(=O)OCC(=O)Nc1ccc(Cl)c(Cl)c1. The number of rotatable bonds is 6. The molecule has 2 aromatic carbocycles. The van der Waals surface area contributed by atoms with Crippen molar-refractivity contribution in [1.29, 1.82) is 0 Å². The summed E-state index contributed by atoms with van der Waals surface area (Å²) in [5.41, 5.74) is 0.445. The van der Waals surface area contributed by atoms with E-state index in [1.54, 1.807) is 36.4 Å². The lowest BCUT2D eigenvalue weighted by Crippen LogP contribution is -2.29. The molecule has 8 heteroatoms. The average molecular weight is 403 g/mol. The smallest absolute Gasteiger partial charge is 0.347 e. The Labute approximate surface area is 159 Å². The molecule has 0 fully saturated rings. The van der Waals surface area contributed by atoms with Gasteiger partial charge in [0.25, 0.3) is 5.91 Å². The minimum Gasteiger partial charge on any atom is -0.479 e. The van der Waals surface area contributed by atoms with Gasteiger partial charge < -0.3 is 14.8 Å². The molecule has 25 heavy (non-hydrogen) atoms. The molecule has 0 unspecified atom stereocenters. The third-order valence-corrected chi connectivity index (χ3v) is 4.00. The Balaban J connectivity index is 1.80. The minimum atomic E-state index is -0.876. The van der Waals surface area contributed by atoms with Crippen LogP contribution < -0.4 is 10.1 Å². The first-order valence-corrected chi connectivity index (χ1v) is 8.32. The number of nitrogens with one attached hydrogen (secondary N) is 1. The molecular formula is C17H14Cl3NO4. The van der Waals surface area contributed by atoms with E-state index in [-0.39, 0.29) is 0 Å². The van der Waals surface area contributed by atoms with Crippen molar-refractivity contribution in [1.82, 2.24) is 0 Å². The van der Waals surface area contributed by atoms with Crippen LogP contribution in [-0.2, 0) is 14.3 Å². The number of anilines is 1. The highest BCUT2D eigenvalue weighted by Crippen LogP contribution is 2.25. The molecule has 0 aliphatic heterocycles. The number of amides is 1. The van der Waals surface area contributed by atoms with E-state index in [2.05, 4.69) is 5.32 Å². The van der Waals surface area contributed by atoms with Gasteiger partial charge in [-0.1, -0.05) is 34.8 Å². The van der Waals surface area contributed by atoms with E-state index in [1.165, 1.54) is 13.0 Å². The highest BCUT2D eigenvalue weighted by Gasteiger charge is 2.18. The highest BCUT2D eigenvalue weighted by molar-refractivity contribution is 6.42. The van der Waals surface area contributed by atoms with Crippen molar-refractivity contribution in [2.45, 2.75) is 13.0 Å². The van der Waals surface area contributed by atoms with Crippen LogP contribution in [0.25, 0.3) is 0 Å². The van der Waals surface area contributed by atoms with Crippen molar-refractivity contribution in [3.8, 4) is 5.75 Å². The molecule has 0 aliphatic carbocycles. The molecule has 1 atom stereocenters. The van der Waals surface area contributed by atoms with Gasteiger partial charge in [0.1, 0.15) is 5.75 Å². The molecule has 0 aromatic heterocycles. The molecule has 0 heterocycles. The molecule has 1 N–H and O–H groups in total. The number of carbonyl (C=O) groups is 2. The maximum atomic E-state index is 11.9. The normalized spacial score (nSPS) is 11.5. The van der Waals surface area contributed by atoms with E-state index in [9.17, 15) is 9.59 Å². The average Bonchev–Trinajstić information content (AvgIpc) is 2.58. The number of ether oxygens (including phenoxy) is 2. The van der Waals surface area contributed by atoms with Crippen LogP contribution in [-0.4, -0.2) is 24.6 Å². The molecule has 5 nitrogen and oxygen atoms in total. The van der Waals surface area contributed by atoms with E-state index in [0.29, 0.717) is 26.5 Å². The van der Waals surface area contributed by atoms with Gasteiger partial charge in [0.05, 0.1) is 10.0 Å². The Bertz CT molecular complexity index is 765. The zero-order chi connectivity index (χ0) is 18.4. The number of hydrogen-bond acceptors (Lipinski definition) is 4. The number of benzene rings is 2. The first-order chi connectivity index (χ1) is 11.8. The van der Waals surface area contributed by atoms with Gasteiger partial charge in [0.2, 0.25) is 0 Å². The Morgan fingerprint density at radius 2 is 1.72 bits per heavy atom. The van der Waals surface area contributed by atoms with Crippen LogP contribution in [0.5, 0.6) is 5.75 Å². The monoisotopic (exact) mass is 401 g/mol. The second-order valence-electron chi connectivity index (χ2n) is 5.00. The Morgan fingerprint density at radius 3 is 2.36 bits per heavy atom. The first-order valence-electron chi connectivity index (χ1n) is 7.19. The zero-order valence-corrected chi connectivity index (χ0v) is 15.4. The lowest BCUT2D eigenvalue weighted by atomic mass is 10.3. The second-order valence-corrected chi connectivity index (χ2v) is 6.25. The minimum absolute atomic E-state index is 0.307. The summed E-state index contributed by atoms with van der Waals surface area (Å²) < 4.78 is 10.3. The maximum absolute atomic E-state index is 11.9. The van der Waals surface area contributed by atoms with Crippen LogP contribution in [0.4, 0.5) is 5.69 Å². The second kappa shape index (κ2) is 8.94. The van der Waals surface area contributed by atoms with Gasteiger partial charge >= 0.3 is 5.97 Å². The largest absolute Gasteiger partial charge is 0.479 e. The fourth-order valence-electron chi connectivity index (χ4n) is 1.79. The van der Waals surface area contributed by atoms with Crippen molar-refractivity contribution in [3.63, 3.8) is 0 Å². The van der Waals surface area contributed by atoms with Crippen LogP contribution in [0, 0.1) is 0 Å². The first kappa shape index (κ1) is 19.4. The fraction of sp³-hybridized carbons (Fsp3) is 0.176. The number of esters is 1. The van der Waals surface area contributed by atoms with Crippen LogP contribution in [0.2, 0.25) is 15.1 Å². The van der Waals surface area contributed by atoms with Crippen molar-refractivity contribution in [3.05, 3.63) is 57.5 Å². The lowest BCUT2D eigenvalue weighted by Gasteiger charge is -2.14. The Morgan fingerprint density at radius 1 is 1.04 bits per heavy atom. The molecule has 0 spiro atoms. The molecule has 132 valence electrons. The third kappa shape index (κ3) is 6.12. The van der Waals surface area contributed by atoms with Gasteiger partial charge in [0.15, 0.2) is 12.7 Å². The summed E-state index contributed by atoms with van der Waals surface area (Å²) in [6, 6.07) is 11.2. The molecule has 0 bridgehead atoms. The van der Waals surface area contributed by atoms with E-state index in [4.69, 9.17) is 44.3 Å². The van der Waals surface area contributed by atoms with Crippen LogP contribution in [0.1, 0.15) is 6.92 Å². The Kier molecular flexibility index (Phi) is 6.93. The summed E-state index contributed by atoms with van der Waals surface area (Å²) in [6.07, 6.45) is -0.876. The summed E-state index contributed by atoms with van der Waals surface area (Å²) in [5, 5.41) is 3.78. The Hall–Kier alpha value is -1.95. The van der Waals surface area contributed by atoms with Gasteiger partial charge in [-0.2, -0.15) is 0 Å². The topological polar surface area (TPSA) is 64.6 Å². The standard InChI is InChI=1S/C17H14Cl3NO4/c1-10(25-13-5-2-11(18)3-6-13)17(23)24-9-16(22)21-12-4-7-14(19)15(20)8-12/h2-8,10H,9H2,1H3,(H,21,22)/t10-/m1/s1. The van der Waals surface area contributed by atoms with Crippen molar-refractivity contribution >= 4 is 52.4 Å². The summed E-state index contributed by atoms with van der Waals surface area (Å²) in [6.45, 7) is 1.07. The molecule has 0 aliphatic rings. The quantitative estimate of drug-likeness (QED) is 0.717. The lowest BCUT2D eigenvalue weighted by molar-refractivity contribution is -0.153. The van der Waals surface area contributed by atoms with Crippen molar-refractivity contribution in [2.24, 2.45) is 0 Å². The predicted molar refractivity (Wildman–Crippen MR) is 97.6 cm³/mol. The van der Waals surface area contributed by atoms with Crippen LogP contribution >= 0.6 is 34.8 Å². The molecule has 2 rings (SSSR count). The molecule has 0 saturated carbocycles. The molecule has 0 radical (unpaired) electrons. The molecule has 0 saturated heterocycles. The molecule has 2 aromatic rings. The zero-order valence-electron chi connectivity index (χ0n) is 13.1. The van der Waals surface area contributed by atoms with E-state index < -0.39 is 24.6 Å². The molecule has 1 amide bonds. The van der Waals surface area contributed by atoms with E-state index in [1.807, 2.05) is 0 Å². The van der Waals surface area contributed by atoms with E-state index >= 15 is 0 Å². The van der Waals surface area contributed by atoms with Crippen molar-refractivity contribution in [2.75, 3.05) is 11.9 Å². The summed E-state index contributed by atoms with van der Waals surface area (Å²) in [7, 11) is 0. The van der Waals surface area contributed by atoms with E-state index in [0.717, 1.165) is 0 Å². The molecular weight excluding hydrogens is 389 g/mol. The summed E-state index contributed by atoms with van der Waals surface area (Å²) in [4.78, 5) is 23.7. The maximum Gasteiger partial charge on any atom is 0.347 e. The van der Waals surface area contributed by atoms with Gasteiger partial charge in [-0.05, 0) is 49.4 Å². The summed E-state index contributed by atoms with van der Waals surface area (Å²) >= 11 is 17.4. The van der Waals surface area contributed by atoms with Crippen molar-refractivity contribution < 1.29 is 19.1 Å². The van der Waals surface area contributed by atoms with Gasteiger partial charge in [-0.3, -0.25) is 4.79 Å². The van der Waals surface area contributed by atoms with Crippen LogP contribution in [0.3, 0.4) is 0 Å².